The van der Waals surface area contributed by atoms with E-state index in [2.05, 4.69) is 5.32 Å². The molecule has 4 rings (SSSR count). The number of hydrogen-bond donors (Lipinski definition) is 1. The minimum absolute atomic E-state index is 0.0291. The maximum absolute atomic E-state index is 13.3. The van der Waals surface area contributed by atoms with E-state index in [0.717, 1.165) is 22.0 Å². The van der Waals surface area contributed by atoms with E-state index in [9.17, 15) is 14.4 Å². The summed E-state index contributed by atoms with van der Waals surface area (Å²) >= 11 is 6.14. The van der Waals surface area contributed by atoms with Crippen LogP contribution in [0.15, 0.2) is 60.7 Å². The lowest BCUT2D eigenvalue weighted by Crippen LogP contribution is -2.49. The fraction of sp³-hybridized carbons (Fsp3) is 0.321. The van der Waals surface area contributed by atoms with Crippen LogP contribution in [0.25, 0.3) is 10.8 Å². The molecule has 1 atom stereocenters. The van der Waals surface area contributed by atoms with E-state index in [1.54, 1.807) is 28.9 Å². The van der Waals surface area contributed by atoms with Crippen molar-refractivity contribution in [3.8, 4) is 0 Å². The maximum atomic E-state index is 13.3. The van der Waals surface area contributed by atoms with Crippen molar-refractivity contribution in [1.82, 2.24) is 10.2 Å². The van der Waals surface area contributed by atoms with Crippen molar-refractivity contribution in [2.45, 2.75) is 52.2 Å². The van der Waals surface area contributed by atoms with Crippen molar-refractivity contribution in [2.75, 3.05) is 11.4 Å². The van der Waals surface area contributed by atoms with Crippen LogP contribution in [-0.4, -0.2) is 41.2 Å². The van der Waals surface area contributed by atoms with E-state index in [1.807, 2.05) is 62.4 Å². The molecule has 1 aliphatic rings. The number of carbonyl (C=O) groups excluding carboxylic acids is 3. The summed E-state index contributed by atoms with van der Waals surface area (Å²) in [5, 5.41) is 5.47. The molecule has 0 saturated carbocycles. The molecule has 0 fully saturated rings. The number of nitrogens with zero attached hydrogens (tertiary/aromatic N) is 2. The molecule has 7 heteroatoms. The van der Waals surface area contributed by atoms with E-state index in [0.29, 0.717) is 23.6 Å². The van der Waals surface area contributed by atoms with Gasteiger partial charge in [0.1, 0.15) is 6.04 Å². The first kappa shape index (κ1) is 24.7. The fourth-order valence-corrected chi connectivity index (χ4v) is 4.77. The highest BCUT2D eigenvalue weighted by Gasteiger charge is 2.30. The molecule has 0 aromatic heterocycles. The van der Waals surface area contributed by atoms with Crippen LogP contribution in [-0.2, 0) is 16.1 Å². The van der Waals surface area contributed by atoms with E-state index in [4.69, 9.17) is 11.6 Å². The Morgan fingerprint density at radius 1 is 1.03 bits per heavy atom. The zero-order chi connectivity index (χ0) is 25.1. The predicted octanol–water partition coefficient (Wildman–Crippen LogP) is 5.18. The lowest BCUT2D eigenvalue weighted by atomic mass is 10.1. The van der Waals surface area contributed by atoms with Crippen molar-refractivity contribution in [1.29, 1.82) is 0 Å². The summed E-state index contributed by atoms with van der Waals surface area (Å²) in [5.74, 6) is -0.379. The molecule has 3 amide bonds. The van der Waals surface area contributed by atoms with Gasteiger partial charge in [0.25, 0.3) is 5.91 Å². The highest BCUT2D eigenvalue weighted by atomic mass is 35.5. The summed E-state index contributed by atoms with van der Waals surface area (Å²) in [4.78, 5) is 42.4. The number of nitrogens with one attached hydrogen (secondary N) is 1. The summed E-state index contributed by atoms with van der Waals surface area (Å²) in [7, 11) is 0. The van der Waals surface area contributed by atoms with Crippen molar-refractivity contribution < 1.29 is 14.4 Å². The van der Waals surface area contributed by atoms with Crippen LogP contribution in [0.1, 0.15) is 49.5 Å². The third-order valence-electron chi connectivity index (χ3n) is 6.26. The Bertz CT molecular complexity index is 1270. The number of hydrogen-bond acceptors (Lipinski definition) is 3. The summed E-state index contributed by atoms with van der Waals surface area (Å²) in [6.45, 7) is 6.22. The number of anilines is 1. The lowest BCUT2D eigenvalue weighted by Gasteiger charge is -2.30. The van der Waals surface area contributed by atoms with Crippen LogP contribution in [0.5, 0.6) is 0 Å². The Morgan fingerprint density at radius 3 is 2.46 bits per heavy atom. The number of amides is 3. The average molecular weight is 492 g/mol. The van der Waals surface area contributed by atoms with Gasteiger partial charge < -0.3 is 15.1 Å². The second kappa shape index (κ2) is 10.5. The van der Waals surface area contributed by atoms with Gasteiger partial charge in [-0.15, -0.1) is 0 Å². The Balaban J connectivity index is 1.46. The molecule has 182 valence electrons. The number of benzene rings is 3. The fourth-order valence-electron chi connectivity index (χ4n) is 4.55. The number of carbonyl (C=O) groups is 3. The minimum Gasteiger partial charge on any atom is -0.352 e. The first-order valence-electron chi connectivity index (χ1n) is 11.9. The maximum Gasteiger partial charge on any atom is 0.258 e. The predicted molar refractivity (Wildman–Crippen MR) is 140 cm³/mol. The molecule has 6 nitrogen and oxygen atoms in total. The number of halogens is 1. The first-order chi connectivity index (χ1) is 16.8. The molecule has 0 aliphatic carbocycles. The van der Waals surface area contributed by atoms with Gasteiger partial charge in [-0.05, 0) is 62.4 Å². The number of rotatable bonds is 9. The molecular formula is C28H30ClN3O3. The molecule has 1 aliphatic heterocycles. The van der Waals surface area contributed by atoms with Crippen molar-refractivity contribution >= 4 is 45.8 Å². The molecule has 35 heavy (non-hydrogen) atoms. The molecule has 3 aromatic carbocycles. The van der Waals surface area contributed by atoms with Crippen LogP contribution < -0.4 is 10.2 Å². The van der Waals surface area contributed by atoms with Crippen LogP contribution >= 0.6 is 11.6 Å². The van der Waals surface area contributed by atoms with Gasteiger partial charge in [0.15, 0.2) is 0 Å². The topological polar surface area (TPSA) is 69.7 Å². The lowest BCUT2D eigenvalue weighted by molar-refractivity contribution is -0.140. The highest BCUT2D eigenvalue weighted by Crippen LogP contribution is 2.37. The van der Waals surface area contributed by atoms with Gasteiger partial charge in [0.2, 0.25) is 11.8 Å². The van der Waals surface area contributed by atoms with Crippen LogP contribution in [0.2, 0.25) is 5.02 Å². The molecular weight excluding hydrogens is 462 g/mol. The van der Waals surface area contributed by atoms with Crippen molar-refractivity contribution in [3.05, 3.63) is 76.8 Å². The zero-order valence-electron chi connectivity index (χ0n) is 20.3. The molecule has 3 aromatic rings. The molecule has 1 N–H and O–H groups in total. The Labute approximate surface area is 210 Å². The average Bonchev–Trinajstić information content (AvgIpc) is 3.10. The van der Waals surface area contributed by atoms with Crippen LogP contribution in [0.3, 0.4) is 0 Å². The van der Waals surface area contributed by atoms with Gasteiger partial charge >= 0.3 is 0 Å². The molecule has 0 radical (unpaired) electrons. The third kappa shape index (κ3) is 5.33. The second-order valence-corrected chi connectivity index (χ2v) is 9.67. The van der Waals surface area contributed by atoms with Gasteiger partial charge in [-0.1, -0.05) is 48.0 Å². The third-order valence-corrected chi connectivity index (χ3v) is 6.50. The molecule has 1 heterocycles. The smallest absolute Gasteiger partial charge is 0.258 e. The molecule has 0 bridgehead atoms. The minimum atomic E-state index is -0.643. The standard InChI is InChI=1S/C28H30ClN3O3/c1-18(2)30-27(34)19(3)32(17-20-8-4-11-22(29)16-20)25(33)14-7-15-31-24-13-6-10-21-9-5-12-23(26(21)24)28(31)35/h4-6,8-13,16,18-19H,7,14-15,17H2,1-3H3,(H,30,34)/t19-/m1/s1. The van der Waals surface area contributed by atoms with Gasteiger partial charge in [-0.2, -0.15) is 0 Å². The van der Waals surface area contributed by atoms with Crippen molar-refractivity contribution in [3.63, 3.8) is 0 Å². The Hall–Kier alpha value is -3.38. The van der Waals surface area contributed by atoms with Crippen LogP contribution in [0, 0.1) is 0 Å². The molecule has 0 unspecified atom stereocenters. The Kier molecular flexibility index (Phi) is 7.41. The highest BCUT2D eigenvalue weighted by molar-refractivity contribution is 6.30. The zero-order valence-corrected chi connectivity index (χ0v) is 21.0. The Morgan fingerprint density at radius 2 is 1.74 bits per heavy atom. The summed E-state index contributed by atoms with van der Waals surface area (Å²) < 4.78 is 0. The van der Waals surface area contributed by atoms with Crippen LogP contribution in [0.4, 0.5) is 5.69 Å². The summed E-state index contributed by atoms with van der Waals surface area (Å²) in [6.07, 6.45) is 0.704. The quantitative estimate of drug-likeness (QED) is 0.448. The van der Waals surface area contributed by atoms with E-state index >= 15 is 0 Å². The second-order valence-electron chi connectivity index (χ2n) is 9.23. The SMILES string of the molecule is CC(C)NC(=O)[C@@H](C)N(Cc1cccc(Cl)c1)C(=O)CCCN1C(=O)c2cccc3cccc1c23. The van der Waals surface area contributed by atoms with E-state index < -0.39 is 6.04 Å². The van der Waals surface area contributed by atoms with Gasteiger partial charge in [0, 0.05) is 41.5 Å². The van der Waals surface area contributed by atoms with Gasteiger partial charge in [0.05, 0.1) is 5.69 Å². The largest absolute Gasteiger partial charge is 0.352 e. The molecule has 0 saturated heterocycles. The monoisotopic (exact) mass is 491 g/mol. The van der Waals surface area contributed by atoms with E-state index in [-0.39, 0.29) is 36.7 Å². The molecule has 0 spiro atoms. The van der Waals surface area contributed by atoms with E-state index in [1.165, 1.54) is 0 Å². The summed E-state index contributed by atoms with van der Waals surface area (Å²) in [5.41, 5.74) is 2.44. The normalized spacial score (nSPS) is 13.4. The first-order valence-corrected chi connectivity index (χ1v) is 12.3. The van der Waals surface area contributed by atoms with Gasteiger partial charge in [-0.25, -0.2) is 0 Å². The van der Waals surface area contributed by atoms with Crippen molar-refractivity contribution in [2.24, 2.45) is 0 Å². The van der Waals surface area contributed by atoms with Gasteiger partial charge in [-0.3, -0.25) is 14.4 Å². The summed E-state index contributed by atoms with van der Waals surface area (Å²) in [6, 6.07) is 18.3.